The molecule has 0 spiro atoms. The van der Waals surface area contributed by atoms with Gasteiger partial charge >= 0.3 is 5.69 Å². The van der Waals surface area contributed by atoms with Crippen LogP contribution in [0.2, 0.25) is 0 Å². The maximum atomic E-state index is 13.4. The minimum atomic E-state index is -0.447. The van der Waals surface area contributed by atoms with Crippen molar-refractivity contribution in [1.82, 2.24) is 19.3 Å². The Kier molecular flexibility index (Phi) is 4.86. The van der Waals surface area contributed by atoms with Crippen LogP contribution in [0.15, 0.2) is 68.0 Å². The smallest absolute Gasteiger partial charge is 0.336 e. The third-order valence-corrected chi connectivity index (χ3v) is 6.43. The molecule has 0 aliphatic heterocycles. The highest BCUT2D eigenvalue weighted by molar-refractivity contribution is 7.17. The van der Waals surface area contributed by atoms with Gasteiger partial charge in [0.25, 0.3) is 5.56 Å². The normalized spacial score (nSPS) is 11.3. The monoisotopic (exact) mass is 444 g/mol. The molecule has 7 nitrogen and oxygen atoms in total. The maximum Gasteiger partial charge on any atom is 0.336 e. The van der Waals surface area contributed by atoms with Crippen molar-refractivity contribution >= 4 is 21.6 Å². The number of benzene rings is 2. The van der Waals surface area contributed by atoms with Crippen molar-refractivity contribution in [2.24, 2.45) is 0 Å². The predicted octanol–water partition coefficient (Wildman–Crippen LogP) is 4.24. The second-order valence-electron chi connectivity index (χ2n) is 7.79. The average molecular weight is 445 g/mol. The van der Waals surface area contributed by atoms with E-state index in [0.29, 0.717) is 27.6 Å². The summed E-state index contributed by atoms with van der Waals surface area (Å²) in [4.78, 5) is 31.0. The Hall–Kier alpha value is -3.78. The number of hydrogen-bond donors (Lipinski definition) is 0. The fourth-order valence-corrected chi connectivity index (χ4v) is 4.51. The zero-order chi connectivity index (χ0) is 22.4. The maximum absolute atomic E-state index is 13.4. The molecular formula is C24H20N4O3S. The van der Waals surface area contributed by atoms with Crippen LogP contribution < -0.4 is 11.2 Å². The largest absolute Gasteiger partial charge is 0.337 e. The second-order valence-corrected chi connectivity index (χ2v) is 8.71. The highest BCUT2D eigenvalue weighted by Gasteiger charge is 2.18. The summed E-state index contributed by atoms with van der Waals surface area (Å²) in [7, 11) is 0. The van der Waals surface area contributed by atoms with Crippen LogP contribution in [0.3, 0.4) is 0 Å². The van der Waals surface area contributed by atoms with Crippen molar-refractivity contribution in [2.75, 3.05) is 0 Å². The Labute approximate surface area is 187 Å². The molecule has 3 aromatic heterocycles. The van der Waals surface area contributed by atoms with E-state index >= 15 is 0 Å². The Morgan fingerprint density at radius 2 is 1.84 bits per heavy atom. The Morgan fingerprint density at radius 3 is 2.62 bits per heavy atom. The first-order chi connectivity index (χ1) is 15.4. The molecule has 0 fully saturated rings. The first kappa shape index (κ1) is 20.1. The molecule has 0 saturated heterocycles. The van der Waals surface area contributed by atoms with Crippen LogP contribution in [-0.2, 0) is 6.54 Å². The molecule has 0 unspecified atom stereocenters. The van der Waals surface area contributed by atoms with Gasteiger partial charge < -0.3 is 4.52 Å². The summed E-state index contributed by atoms with van der Waals surface area (Å²) in [5.41, 5.74) is 4.44. The van der Waals surface area contributed by atoms with Gasteiger partial charge in [0.1, 0.15) is 11.2 Å². The van der Waals surface area contributed by atoms with Crippen LogP contribution in [0, 0.1) is 20.8 Å². The first-order valence-electron chi connectivity index (χ1n) is 10.1. The van der Waals surface area contributed by atoms with Crippen molar-refractivity contribution < 1.29 is 4.52 Å². The molecule has 3 heterocycles. The van der Waals surface area contributed by atoms with Crippen molar-refractivity contribution in [1.29, 1.82) is 0 Å². The molecule has 5 aromatic rings. The number of rotatable bonds is 4. The number of aromatic nitrogens is 4. The van der Waals surface area contributed by atoms with E-state index in [1.807, 2.05) is 57.2 Å². The SMILES string of the molecule is Cc1cccc(-n2c(=O)c3sccc3n(Cc3nc(-c4ccc(C)c(C)c4)no3)c2=O)c1. The molecular weight excluding hydrogens is 424 g/mol. The molecule has 0 N–H and O–H groups in total. The van der Waals surface area contributed by atoms with E-state index in [2.05, 4.69) is 10.1 Å². The number of aryl methyl sites for hydroxylation is 3. The third kappa shape index (κ3) is 3.38. The Balaban J connectivity index is 1.62. The van der Waals surface area contributed by atoms with Gasteiger partial charge in [0.05, 0.1) is 11.2 Å². The molecule has 0 atom stereocenters. The standard InChI is InChI=1S/C24H20N4O3S/c1-14-5-4-6-18(11-14)28-23(29)21-19(9-10-32-21)27(24(28)30)13-20-25-22(26-31-20)17-8-7-15(2)16(3)12-17/h4-12H,13H2,1-3H3. The lowest BCUT2D eigenvalue weighted by atomic mass is 10.1. The summed E-state index contributed by atoms with van der Waals surface area (Å²) in [5, 5.41) is 5.90. The zero-order valence-corrected chi connectivity index (χ0v) is 18.6. The van der Waals surface area contributed by atoms with E-state index in [1.54, 1.807) is 17.5 Å². The number of hydrogen-bond acceptors (Lipinski definition) is 6. The lowest BCUT2D eigenvalue weighted by molar-refractivity contribution is 0.370. The molecule has 160 valence electrons. The van der Waals surface area contributed by atoms with Crippen LogP contribution in [0.25, 0.3) is 27.3 Å². The van der Waals surface area contributed by atoms with Gasteiger partial charge in [-0.05, 0) is 67.1 Å². The predicted molar refractivity (Wildman–Crippen MR) is 125 cm³/mol. The van der Waals surface area contributed by atoms with Gasteiger partial charge in [-0.25, -0.2) is 9.36 Å². The summed E-state index contributed by atoms with van der Waals surface area (Å²) < 4.78 is 8.67. The van der Waals surface area contributed by atoms with E-state index in [9.17, 15) is 9.59 Å². The minimum Gasteiger partial charge on any atom is -0.337 e. The summed E-state index contributed by atoms with van der Waals surface area (Å²) >= 11 is 1.31. The van der Waals surface area contributed by atoms with Crippen LogP contribution in [-0.4, -0.2) is 19.3 Å². The van der Waals surface area contributed by atoms with Gasteiger partial charge in [0.2, 0.25) is 11.7 Å². The van der Waals surface area contributed by atoms with E-state index in [1.165, 1.54) is 26.0 Å². The van der Waals surface area contributed by atoms with Gasteiger partial charge in [0.15, 0.2) is 0 Å². The molecule has 0 bridgehead atoms. The average Bonchev–Trinajstić information content (AvgIpc) is 3.43. The van der Waals surface area contributed by atoms with Crippen LogP contribution in [0.4, 0.5) is 0 Å². The van der Waals surface area contributed by atoms with Gasteiger partial charge in [-0.15, -0.1) is 11.3 Å². The lowest BCUT2D eigenvalue weighted by Crippen LogP contribution is -2.38. The van der Waals surface area contributed by atoms with Crippen LogP contribution >= 0.6 is 11.3 Å². The molecule has 5 rings (SSSR count). The topological polar surface area (TPSA) is 82.9 Å². The fourth-order valence-electron chi connectivity index (χ4n) is 3.69. The molecule has 0 radical (unpaired) electrons. The molecule has 0 aliphatic rings. The van der Waals surface area contributed by atoms with Crippen molar-refractivity contribution in [3.63, 3.8) is 0 Å². The van der Waals surface area contributed by atoms with E-state index in [4.69, 9.17) is 4.52 Å². The fraction of sp³-hybridized carbons (Fsp3) is 0.167. The zero-order valence-electron chi connectivity index (χ0n) is 17.8. The van der Waals surface area contributed by atoms with Crippen molar-refractivity contribution in [2.45, 2.75) is 27.3 Å². The van der Waals surface area contributed by atoms with Gasteiger partial charge in [-0.3, -0.25) is 9.36 Å². The highest BCUT2D eigenvalue weighted by atomic mass is 32.1. The summed E-state index contributed by atoms with van der Waals surface area (Å²) in [6, 6.07) is 15.0. The summed E-state index contributed by atoms with van der Waals surface area (Å²) in [5.74, 6) is 0.756. The van der Waals surface area contributed by atoms with Gasteiger partial charge in [-0.1, -0.05) is 29.4 Å². The lowest BCUT2D eigenvalue weighted by Gasteiger charge is -2.11. The molecule has 32 heavy (non-hydrogen) atoms. The van der Waals surface area contributed by atoms with Crippen LogP contribution in [0.1, 0.15) is 22.6 Å². The summed E-state index contributed by atoms with van der Waals surface area (Å²) in [6.07, 6.45) is 0. The molecule has 0 amide bonds. The van der Waals surface area contributed by atoms with Crippen LogP contribution in [0.5, 0.6) is 0 Å². The molecule has 0 saturated carbocycles. The second kappa shape index (κ2) is 7.72. The Bertz CT molecular complexity index is 1590. The van der Waals surface area contributed by atoms with Crippen molar-refractivity contribution in [3.05, 3.63) is 97.3 Å². The van der Waals surface area contributed by atoms with Gasteiger partial charge in [0, 0.05) is 5.56 Å². The quantitative estimate of drug-likeness (QED) is 0.414. The van der Waals surface area contributed by atoms with Crippen molar-refractivity contribution in [3.8, 4) is 17.1 Å². The number of thiophene rings is 1. The Morgan fingerprint density at radius 1 is 1.00 bits per heavy atom. The summed E-state index contributed by atoms with van der Waals surface area (Å²) in [6.45, 7) is 6.06. The number of nitrogens with zero attached hydrogens (tertiary/aromatic N) is 4. The number of fused-ring (bicyclic) bond motifs is 1. The highest BCUT2D eigenvalue weighted by Crippen LogP contribution is 2.21. The molecule has 8 heteroatoms. The van der Waals surface area contributed by atoms with Gasteiger partial charge in [-0.2, -0.15) is 4.98 Å². The minimum absolute atomic E-state index is 0.0655. The molecule has 2 aromatic carbocycles. The third-order valence-electron chi connectivity index (χ3n) is 5.54. The van der Waals surface area contributed by atoms with E-state index < -0.39 is 5.69 Å². The van der Waals surface area contributed by atoms with E-state index in [-0.39, 0.29) is 12.1 Å². The van der Waals surface area contributed by atoms with E-state index in [0.717, 1.165) is 16.7 Å². The first-order valence-corrected chi connectivity index (χ1v) is 11.0. The molecule has 0 aliphatic carbocycles.